The third-order valence-corrected chi connectivity index (χ3v) is 4.33. The van der Waals surface area contributed by atoms with Crippen LogP contribution in [-0.2, 0) is 14.3 Å². The lowest BCUT2D eigenvalue weighted by molar-refractivity contribution is -0.145. The van der Waals surface area contributed by atoms with Gasteiger partial charge in [0.15, 0.2) is 5.96 Å². The molecule has 1 fully saturated rings. The van der Waals surface area contributed by atoms with E-state index in [1.165, 1.54) is 0 Å². The zero-order chi connectivity index (χ0) is 20.9. The fourth-order valence-corrected chi connectivity index (χ4v) is 3.34. The summed E-state index contributed by atoms with van der Waals surface area (Å²) in [5.41, 5.74) is 10.7. The molecule has 0 heterocycles. The monoisotopic (exact) mass is 386 g/mol. The number of aliphatic hydroxyl groups is 3. The van der Waals surface area contributed by atoms with Gasteiger partial charge in [-0.3, -0.25) is 14.4 Å². The van der Waals surface area contributed by atoms with Crippen LogP contribution in [0.1, 0.15) is 13.3 Å². The fraction of sp³-hybridized carbons (Fsp3) is 0.714. The first-order valence-electron chi connectivity index (χ1n) is 8.01. The molecule has 0 saturated heterocycles. The molecule has 1 aliphatic rings. The zero-order valence-corrected chi connectivity index (χ0v) is 14.6. The van der Waals surface area contributed by atoms with Crippen molar-refractivity contribution in [2.75, 3.05) is 6.61 Å². The quantitative estimate of drug-likeness (QED) is 0.123. The van der Waals surface area contributed by atoms with Crippen molar-refractivity contribution in [3.05, 3.63) is 0 Å². The standard InChI is InChI=1S/C14H23BN4O8/c1-4(21)18-9(10(23)7(22)3-20)8-6(19-14(16)17)2-5(12(24)25)11(8)27-13(15)26/h5-11,20,22-23H,2-3H2,1H3,(H,18,21)(H,24,25)(H4,16,17,19)/t5-,6+,7-,8+,9-,10-,11+/m0/s1. The van der Waals surface area contributed by atoms with Crippen molar-refractivity contribution in [1.82, 2.24) is 5.32 Å². The molecule has 12 nitrogen and oxygen atoms in total. The highest BCUT2D eigenvalue weighted by Crippen LogP contribution is 2.39. The number of amides is 1. The molecule has 13 heteroatoms. The number of carboxylic acid groups (broad SMARTS) is 1. The zero-order valence-electron chi connectivity index (χ0n) is 14.6. The second kappa shape index (κ2) is 9.53. The largest absolute Gasteiger partial charge is 0.481 e. The first kappa shape index (κ1) is 22.7. The Hall–Kier alpha value is -2.38. The summed E-state index contributed by atoms with van der Waals surface area (Å²) in [6.45, 7) is 0.273. The molecule has 150 valence electrons. The maximum atomic E-state index is 11.6. The number of rotatable bonds is 8. The van der Waals surface area contributed by atoms with E-state index in [0.717, 1.165) is 6.92 Å². The van der Waals surface area contributed by atoms with E-state index in [0.29, 0.717) is 0 Å². The van der Waals surface area contributed by atoms with Crippen LogP contribution in [0.25, 0.3) is 0 Å². The molecular formula is C14H23BN4O8. The van der Waals surface area contributed by atoms with Crippen molar-refractivity contribution in [1.29, 1.82) is 0 Å². The summed E-state index contributed by atoms with van der Waals surface area (Å²) in [5.74, 6) is -6.08. The summed E-state index contributed by atoms with van der Waals surface area (Å²) in [7, 11) is 5.03. The van der Waals surface area contributed by atoms with Gasteiger partial charge in [-0.05, 0) is 6.42 Å². The van der Waals surface area contributed by atoms with Gasteiger partial charge in [0, 0.05) is 12.8 Å². The molecule has 1 rings (SSSR count). The third-order valence-electron chi connectivity index (χ3n) is 4.33. The van der Waals surface area contributed by atoms with Crippen LogP contribution in [0.15, 0.2) is 4.99 Å². The number of carbonyl (C=O) groups is 3. The lowest BCUT2D eigenvalue weighted by Gasteiger charge is -2.36. The first-order valence-corrected chi connectivity index (χ1v) is 8.01. The molecule has 0 aromatic heterocycles. The Morgan fingerprint density at radius 1 is 1.33 bits per heavy atom. The van der Waals surface area contributed by atoms with E-state index in [1.54, 1.807) is 0 Å². The van der Waals surface area contributed by atoms with Crippen molar-refractivity contribution < 1.29 is 39.5 Å². The van der Waals surface area contributed by atoms with Crippen LogP contribution >= 0.6 is 0 Å². The highest BCUT2D eigenvalue weighted by atomic mass is 16.5. The molecule has 0 spiro atoms. The van der Waals surface area contributed by atoms with Gasteiger partial charge in [-0.25, -0.2) is 4.99 Å². The van der Waals surface area contributed by atoms with Crippen molar-refractivity contribution in [3.63, 3.8) is 0 Å². The number of ether oxygens (including phenoxy) is 1. The molecule has 0 aromatic carbocycles. The summed E-state index contributed by atoms with van der Waals surface area (Å²) in [5, 5.41) is 41.1. The fourth-order valence-electron chi connectivity index (χ4n) is 3.34. The van der Waals surface area contributed by atoms with E-state index < -0.39 is 72.5 Å². The Bertz CT molecular complexity index is 600. The normalized spacial score (nSPS) is 27.9. The number of aliphatic imine (C=N–C) groups is 1. The molecular weight excluding hydrogens is 363 g/mol. The van der Waals surface area contributed by atoms with Crippen molar-refractivity contribution >= 4 is 31.6 Å². The molecule has 9 N–H and O–H groups in total. The molecule has 0 bridgehead atoms. The Kier molecular flexibility index (Phi) is 8.00. The summed E-state index contributed by atoms with van der Waals surface area (Å²) >= 11 is 0. The van der Waals surface area contributed by atoms with Crippen LogP contribution in [0.2, 0.25) is 0 Å². The van der Waals surface area contributed by atoms with Crippen molar-refractivity contribution in [2.45, 2.75) is 43.7 Å². The van der Waals surface area contributed by atoms with Gasteiger partial charge in [0.25, 0.3) is 0 Å². The summed E-state index contributed by atoms with van der Waals surface area (Å²) < 4.78 is 4.94. The predicted molar refractivity (Wildman–Crippen MR) is 91.6 cm³/mol. The number of nitrogens with zero attached hydrogens (tertiary/aromatic N) is 1. The van der Waals surface area contributed by atoms with Gasteiger partial charge in [0.1, 0.15) is 18.3 Å². The maximum Gasteiger partial charge on any atom is 0.310 e. The molecule has 0 unspecified atom stereocenters. The van der Waals surface area contributed by atoms with Crippen molar-refractivity contribution in [3.8, 4) is 0 Å². The second-order valence-electron chi connectivity index (χ2n) is 6.25. The number of nitrogens with two attached hydrogens (primary N) is 2. The Morgan fingerprint density at radius 2 is 1.93 bits per heavy atom. The second-order valence-corrected chi connectivity index (χ2v) is 6.25. The number of hydrogen-bond acceptors (Lipinski definition) is 8. The van der Waals surface area contributed by atoms with Gasteiger partial charge in [0.05, 0.1) is 24.6 Å². The lowest BCUT2D eigenvalue weighted by Crippen LogP contribution is -2.57. The maximum absolute atomic E-state index is 11.6. The topological polar surface area (TPSA) is 218 Å². The number of aliphatic carboxylic acids is 1. The van der Waals surface area contributed by atoms with E-state index in [4.69, 9.17) is 29.2 Å². The van der Waals surface area contributed by atoms with Gasteiger partial charge in [-0.2, -0.15) is 0 Å². The molecule has 2 radical (unpaired) electrons. The van der Waals surface area contributed by atoms with Crippen LogP contribution in [0.5, 0.6) is 0 Å². The predicted octanol–water partition coefficient (Wildman–Crippen LogP) is -3.76. The highest BCUT2D eigenvalue weighted by Gasteiger charge is 2.54. The van der Waals surface area contributed by atoms with E-state index in [2.05, 4.69) is 10.3 Å². The smallest absolute Gasteiger partial charge is 0.310 e. The van der Waals surface area contributed by atoms with Gasteiger partial charge in [-0.1, -0.05) is 0 Å². The highest BCUT2D eigenvalue weighted by molar-refractivity contribution is 6.55. The Balaban J connectivity index is 3.45. The average Bonchev–Trinajstić information content (AvgIpc) is 2.87. The number of nitrogens with one attached hydrogen (secondary N) is 1. The number of guanidine groups is 1. The van der Waals surface area contributed by atoms with E-state index in [-0.39, 0.29) is 6.42 Å². The lowest BCUT2D eigenvalue weighted by atomic mass is 9.85. The van der Waals surface area contributed by atoms with Crippen LogP contribution < -0.4 is 16.8 Å². The average molecular weight is 386 g/mol. The molecule has 0 aromatic rings. The number of carboxylic acids is 1. The van der Waals surface area contributed by atoms with Gasteiger partial charge >= 0.3 is 5.97 Å². The van der Waals surface area contributed by atoms with E-state index in [9.17, 15) is 29.7 Å². The molecule has 1 aliphatic carbocycles. The first-order chi connectivity index (χ1) is 12.5. The van der Waals surface area contributed by atoms with Gasteiger partial charge in [0.2, 0.25) is 19.6 Å². The molecule has 27 heavy (non-hydrogen) atoms. The summed E-state index contributed by atoms with van der Waals surface area (Å²) in [4.78, 5) is 38.4. The van der Waals surface area contributed by atoms with E-state index >= 15 is 0 Å². The number of aliphatic hydroxyl groups excluding tert-OH is 3. The van der Waals surface area contributed by atoms with Gasteiger partial charge < -0.3 is 41.9 Å². The van der Waals surface area contributed by atoms with Crippen LogP contribution in [0.4, 0.5) is 4.79 Å². The minimum Gasteiger partial charge on any atom is -0.481 e. The molecule has 1 amide bonds. The molecule has 7 atom stereocenters. The summed E-state index contributed by atoms with van der Waals surface area (Å²) in [6.07, 6.45) is -5.02. The third kappa shape index (κ3) is 5.81. The molecule has 1 saturated carbocycles. The van der Waals surface area contributed by atoms with Crippen LogP contribution in [0, 0.1) is 11.8 Å². The Morgan fingerprint density at radius 3 is 2.33 bits per heavy atom. The minimum atomic E-state index is -1.74. The number of carbonyl (C=O) groups excluding carboxylic acids is 2. The van der Waals surface area contributed by atoms with Gasteiger partial charge in [-0.15, -0.1) is 0 Å². The van der Waals surface area contributed by atoms with E-state index in [1.807, 2.05) is 0 Å². The Labute approximate surface area is 156 Å². The SMILES string of the molecule is [B]C(=O)O[C@H]1[C@@H]([C@H](NC(C)=O)[C@@H](O)[C@@H](O)CO)[C@H](N=C(N)N)C[C@@H]1C(=O)O. The number of hydrogen-bond donors (Lipinski definition) is 7. The van der Waals surface area contributed by atoms with Crippen molar-refractivity contribution in [2.24, 2.45) is 28.3 Å². The summed E-state index contributed by atoms with van der Waals surface area (Å²) in [6, 6.07) is -2.34. The van der Waals surface area contributed by atoms with Crippen LogP contribution in [-0.4, -0.2) is 89.0 Å². The minimum absolute atomic E-state index is 0.187. The molecule has 0 aliphatic heterocycles. The van der Waals surface area contributed by atoms with Crippen LogP contribution in [0.3, 0.4) is 0 Å².